The first-order valence-electron chi connectivity index (χ1n) is 9.28. The number of carboxylic acids is 1. The van der Waals surface area contributed by atoms with Gasteiger partial charge in [0.2, 0.25) is 5.43 Å². The molecule has 27 heavy (non-hydrogen) atoms. The highest BCUT2D eigenvalue weighted by Gasteiger charge is 2.55. The van der Waals surface area contributed by atoms with Gasteiger partial charge in [-0.1, -0.05) is 6.92 Å². The van der Waals surface area contributed by atoms with Crippen molar-refractivity contribution in [1.29, 1.82) is 0 Å². The minimum absolute atomic E-state index is 0.0214. The lowest BCUT2D eigenvalue weighted by molar-refractivity contribution is 0.0694. The van der Waals surface area contributed by atoms with Crippen LogP contribution < -0.4 is 16.1 Å². The lowest BCUT2D eigenvalue weighted by Crippen LogP contribution is -2.53. The number of carboxylic acid groups (broad SMARTS) is 1. The summed E-state index contributed by atoms with van der Waals surface area (Å²) in [5.41, 5.74) is 5.51. The van der Waals surface area contributed by atoms with Crippen LogP contribution in [0.2, 0.25) is 0 Å². The van der Waals surface area contributed by atoms with Crippen LogP contribution in [0, 0.1) is 17.2 Å². The molecule has 2 aliphatic carbocycles. The topological polar surface area (TPSA) is 101 Å². The minimum Gasteiger partial charge on any atom is -0.477 e. The molecule has 1 unspecified atom stereocenters. The van der Waals surface area contributed by atoms with E-state index in [9.17, 15) is 19.1 Å². The van der Waals surface area contributed by atoms with Crippen molar-refractivity contribution >= 4 is 22.8 Å². The monoisotopic (exact) mass is 372 g/mol. The molecule has 0 radical (unpaired) electrons. The molecule has 2 aromatic heterocycles. The van der Waals surface area contributed by atoms with Gasteiger partial charge in [0.05, 0.1) is 5.39 Å². The summed E-state index contributed by atoms with van der Waals surface area (Å²) < 4.78 is 16.6. The molecule has 1 saturated heterocycles. The first-order valence-corrected chi connectivity index (χ1v) is 9.28. The van der Waals surface area contributed by atoms with E-state index in [-0.39, 0.29) is 34.3 Å². The van der Waals surface area contributed by atoms with Gasteiger partial charge in [-0.2, -0.15) is 0 Å². The lowest BCUT2D eigenvalue weighted by Gasteiger charge is -2.46. The third-order valence-corrected chi connectivity index (χ3v) is 6.49. The number of carbonyl (C=O) groups is 1. The molecule has 3 N–H and O–H groups in total. The molecule has 3 aliphatic rings. The first kappa shape index (κ1) is 16.7. The van der Waals surface area contributed by atoms with Crippen molar-refractivity contribution in [3.63, 3.8) is 0 Å². The fourth-order valence-corrected chi connectivity index (χ4v) is 4.87. The third-order valence-electron chi connectivity index (χ3n) is 6.49. The quantitative estimate of drug-likeness (QED) is 0.851. The van der Waals surface area contributed by atoms with Gasteiger partial charge in [0.15, 0.2) is 11.6 Å². The van der Waals surface area contributed by atoms with E-state index >= 15 is 0 Å². The minimum atomic E-state index is -1.31. The number of halogens is 1. The number of hydrogen-bond acceptors (Lipinski definition) is 5. The Morgan fingerprint density at radius 3 is 2.78 bits per heavy atom. The largest absolute Gasteiger partial charge is 0.477 e. The Labute approximate surface area is 154 Å². The Hall–Kier alpha value is -2.48. The highest BCUT2D eigenvalue weighted by molar-refractivity contribution is 5.92. The predicted octanol–water partition coefficient (Wildman–Crippen LogP) is 1.74. The fourth-order valence-electron chi connectivity index (χ4n) is 4.87. The van der Waals surface area contributed by atoms with Crippen LogP contribution in [0.25, 0.3) is 11.0 Å². The van der Waals surface area contributed by atoms with Gasteiger partial charge in [0, 0.05) is 31.4 Å². The summed E-state index contributed by atoms with van der Waals surface area (Å²) in [6.07, 6.45) is 4.05. The summed E-state index contributed by atoms with van der Waals surface area (Å²) in [6.45, 7) is 3.49. The maximum Gasteiger partial charge on any atom is 0.341 e. The van der Waals surface area contributed by atoms with Gasteiger partial charge in [0.25, 0.3) is 0 Å². The van der Waals surface area contributed by atoms with E-state index in [1.807, 2.05) is 4.90 Å². The van der Waals surface area contributed by atoms with E-state index in [1.54, 1.807) is 4.57 Å². The molecule has 2 saturated carbocycles. The molecular weight excluding hydrogens is 351 g/mol. The lowest BCUT2D eigenvalue weighted by atomic mass is 9.60. The molecule has 0 aromatic carbocycles. The SMILES string of the molecule is C[C@@]12CC(N)[C@@H]1CN(c1nc3c(cc1F)c(=O)c(C(=O)O)cn3C1CC1)C2. The van der Waals surface area contributed by atoms with Crippen molar-refractivity contribution in [3.8, 4) is 0 Å². The van der Waals surface area contributed by atoms with Gasteiger partial charge in [-0.3, -0.25) is 4.79 Å². The van der Waals surface area contributed by atoms with Crippen LogP contribution in [0.1, 0.15) is 42.6 Å². The van der Waals surface area contributed by atoms with Crippen molar-refractivity contribution in [1.82, 2.24) is 9.55 Å². The molecule has 0 amide bonds. The van der Waals surface area contributed by atoms with Crippen LogP contribution in [0.15, 0.2) is 17.1 Å². The van der Waals surface area contributed by atoms with E-state index in [0.29, 0.717) is 24.7 Å². The Balaban J connectivity index is 1.67. The average molecular weight is 372 g/mol. The number of hydrogen-bond donors (Lipinski definition) is 2. The van der Waals surface area contributed by atoms with Gasteiger partial charge >= 0.3 is 5.97 Å². The molecule has 3 atom stereocenters. The van der Waals surface area contributed by atoms with Crippen LogP contribution >= 0.6 is 0 Å². The molecule has 3 fully saturated rings. The summed E-state index contributed by atoms with van der Waals surface area (Å²) in [5.74, 6) is -1.36. The van der Waals surface area contributed by atoms with Crippen LogP contribution in [0.4, 0.5) is 10.2 Å². The molecule has 142 valence electrons. The maximum atomic E-state index is 14.9. The zero-order chi connectivity index (χ0) is 19.1. The van der Waals surface area contributed by atoms with Crippen LogP contribution in [-0.4, -0.2) is 39.8 Å². The summed E-state index contributed by atoms with van der Waals surface area (Å²) in [6, 6.07) is 1.39. The van der Waals surface area contributed by atoms with Crippen LogP contribution in [0.3, 0.4) is 0 Å². The van der Waals surface area contributed by atoms with E-state index in [0.717, 1.165) is 25.3 Å². The normalized spacial score (nSPS) is 29.7. The van der Waals surface area contributed by atoms with Crippen molar-refractivity contribution in [2.45, 2.75) is 38.3 Å². The highest BCUT2D eigenvalue weighted by atomic mass is 19.1. The third kappa shape index (κ3) is 2.32. The summed E-state index contributed by atoms with van der Waals surface area (Å²) in [5, 5.41) is 9.34. The second-order valence-electron chi connectivity index (χ2n) is 8.49. The van der Waals surface area contributed by atoms with E-state index in [2.05, 4.69) is 11.9 Å². The molecule has 3 heterocycles. The molecule has 1 aliphatic heterocycles. The summed E-state index contributed by atoms with van der Waals surface area (Å²) >= 11 is 0. The molecule has 0 spiro atoms. The van der Waals surface area contributed by atoms with Crippen molar-refractivity contribution in [2.24, 2.45) is 17.1 Å². The fraction of sp³-hybridized carbons (Fsp3) is 0.526. The average Bonchev–Trinajstić information content (AvgIpc) is 3.39. The number of aromatic nitrogens is 2. The Kier molecular flexibility index (Phi) is 3.26. The smallest absolute Gasteiger partial charge is 0.341 e. The van der Waals surface area contributed by atoms with E-state index < -0.39 is 17.2 Å². The summed E-state index contributed by atoms with van der Waals surface area (Å²) in [4.78, 5) is 30.4. The van der Waals surface area contributed by atoms with Gasteiger partial charge < -0.3 is 20.3 Å². The van der Waals surface area contributed by atoms with Crippen LogP contribution in [0.5, 0.6) is 0 Å². The van der Waals surface area contributed by atoms with E-state index in [4.69, 9.17) is 5.73 Å². The molecule has 8 heteroatoms. The second kappa shape index (κ2) is 5.28. The number of nitrogens with zero attached hydrogens (tertiary/aromatic N) is 3. The van der Waals surface area contributed by atoms with Gasteiger partial charge in [0.1, 0.15) is 11.2 Å². The van der Waals surface area contributed by atoms with Gasteiger partial charge in [-0.05, 0) is 36.7 Å². The number of anilines is 1. The Morgan fingerprint density at radius 1 is 1.44 bits per heavy atom. The molecule has 2 aromatic rings. The highest BCUT2D eigenvalue weighted by Crippen LogP contribution is 2.51. The zero-order valence-corrected chi connectivity index (χ0v) is 15.0. The zero-order valence-electron chi connectivity index (χ0n) is 15.0. The van der Waals surface area contributed by atoms with Gasteiger partial charge in [-0.25, -0.2) is 14.2 Å². The number of aromatic carboxylic acids is 1. The van der Waals surface area contributed by atoms with E-state index in [1.165, 1.54) is 6.20 Å². The molecule has 5 rings (SSSR count). The Morgan fingerprint density at radius 2 is 2.19 bits per heavy atom. The second-order valence-corrected chi connectivity index (χ2v) is 8.49. The van der Waals surface area contributed by atoms with Crippen molar-refractivity contribution in [3.05, 3.63) is 33.9 Å². The Bertz CT molecular complexity index is 1050. The molecule has 7 nitrogen and oxygen atoms in total. The standard InChI is InChI=1S/C19H21FN4O3/c1-19-5-14(21)12(19)7-23(8-19)17-13(20)4-10-15(25)11(18(26)27)6-24(9-2-3-9)16(10)22-17/h4,6,9,12,14H,2-3,5,7-8,21H2,1H3,(H,26,27)/t12-,14?,19-/m0/s1. The van der Waals surface area contributed by atoms with Crippen molar-refractivity contribution < 1.29 is 14.3 Å². The number of fused-ring (bicyclic) bond motifs is 2. The van der Waals surface area contributed by atoms with Crippen molar-refractivity contribution in [2.75, 3.05) is 18.0 Å². The first-order chi connectivity index (χ1) is 12.8. The predicted molar refractivity (Wildman–Crippen MR) is 97.6 cm³/mol. The number of rotatable bonds is 3. The van der Waals surface area contributed by atoms with Gasteiger partial charge in [-0.15, -0.1) is 0 Å². The maximum absolute atomic E-state index is 14.9. The number of pyridine rings is 2. The number of nitrogens with two attached hydrogens (primary N) is 1. The molecule has 0 bridgehead atoms. The summed E-state index contributed by atoms with van der Waals surface area (Å²) in [7, 11) is 0. The van der Waals surface area contributed by atoms with Crippen LogP contribution in [-0.2, 0) is 0 Å². The molecular formula is C19H21FN4O3.